The van der Waals surface area contributed by atoms with Gasteiger partial charge in [-0.15, -0.1) is 61.2 Å². The van der Waals surface area contributed by atoms with Crippen LogP contribution in [0.4, 0.5) is 0 Å². The second kappa shape index (κ2) is 3.17. The molecule has 0 aliphatic carbocycles. The third-order valence-electron chi connectivity index (χ3n) is 0.771. The molecular weight excluding hydrogens is 400 g/mol. The molecule has 0 radical (unpaired) electrons. The number of halogens is 4. The largest absolute Gasteiger partial charge is 0.212 e. The van der Waals surface area contributed by atoms with Crippen LogP contribution in [-0.4, -0.2) is 9.66 Å². The molecule has 0 spiro atoms. The molecule has 0 atom stereocenters. The second-order valence-electron chi connectivity index (χ2n) is 1.78. The third kappa shape index (κ3) is 3.50. The summed E-state index contributed by atoms with van der Waals surface area (Å²) < 4.78 is 0. The Morgan fingerprint density at radius 3 is 0.875 bits per heavy atom. The molecule has 0 aromatic rings. The molecule has 50 valence electrons. The lowest BCUT2D eigenvalue weighted by Gasteiger charge is -2.21. The van der Waals surface area contributed by atoms with E-state index in [0.717, 1.165) is 0 Å². The maximum Gasteiger partial charge on any atom is 0.212 e. The van der Waals surface area contributed by atoms with Crippen LogP contribution in [0.2, 0.25) is 13.1 Å². The molecule has 0 N–H and O–H groups in total. The quantitative estimate of drug-likeness (QED) is 0.460. The second-order valence-corrected chi connectivity index (χ2v) is 45.5. The molecule has 8 heavy (non-hydrogen) atoms. The molecule has 0 aromatic heterocycles. The van der Waals surface area contributed by atoms with Crippen molar-refractivity contribution in [2.75, 3.05) is 0 Å². The maximum absolute atomic E-state index is 3.62. The van der Waals surface area contributed by atoms with Crippen LogP contribution in [0.1, 0.15) is 0 Å². The van der Waals surface area contributed by atoms with Gasteiger partial charge in [-0.05, 0) is 0 Å². The molecule has 0 saturated heterocycles. The van der Waals surface area contributed by atoms with E-state index >= 15 is 0 Å². The van der Waals surface area contributed by atoms with E-state index in [2.05, 4.69) is 74.3 Å². The molecule has 0 aliphatic rings. The minimum Gasteiger partial charge on any atom is -0.113 e. The number of rotatable bonds is 1. The van der Waals surface area contributed by atoms with Crippen molar-refractivity contribution in [2.45, 2.75) is 13.1 Å². The Kier molecular flexibility index (Phi) is 4.10. The molecule has 0 nitrogen and oxygen atoms in total. The van der Waals surface area contributed by atoms with Gasteiger partial charge in [0.1, 0.15) is 0 Å². The fourth-order valence-electron chi connectivity index (χ4n) is 0. The van der Waals surface area contributed by atoms with Crippen molar-refractivity contribution in [3.05, 3.63) is 0 Å². The summed E-state index contributed by atoms with van der Waals surface area (Å²) in [4.78, 5) is -2.52. The van der Waals surface area contributed by atoms with E-state index in [0.29, 0.717) is 0 Å². The summed E-state index contributed by atoms with van der Waals surface area (Å²) in [5, 5.41) is 0. The van der Waals surface area contributed by atoms with E-state index in [4.69, 9.17) is 0 Å². The first-order chi connectivity index (χ1) is 3.25. The fraction of sp³-hybridized carbons (Fsp3) is 1.00. The topological polar surface area (TPSA) is 0 Å². The van der Waals surface area contributed by atoms with E-state index in [1.165, 1.54) is 0 Å². The van der Waals surface area contributed by atoms with Gasteiger partial charge in [-0.2, -0.15) is 0 Å². The fourth-order valence-corrected chi connectivity index (χ4v) is 0. The Morgan fingerprint density at radius 1 is 0.750 bits per heavy atom. The Bertz CT molecular complexity index is 67.0. The van der Waals surface area contributed by atoms with Crippen LogP contribution in [0.15, 0.2) is 0 Å². The van der Waals surface area contributed by atoms with Crippen molar-refractivity contribution < 1.29 is 0 Å². The molecule has 0 rings (SSSR count). The highest BCUT2D eigenvalue weighted by Gasteiger charge is 2.41. The van der Waals surface area contributed by atoms with Gasteiger partial charge in [-0.25, -0.2) is 0 Å². The highest BCUT2D eigenvalue weighted by atomic mass is 79.9. The first kappa shape index (κ1) is 10.4. The summed E-state index contributed by atoms with van der Waals surface area (Å²) in [6.07, 6.45) is 0. The third-order valence-corrected chi connectivity index (χ3v) is 54.6. The molecule has 0 amide bonds. The summed E-state index contributed by atoms with van der Waals surface area (Å²) in [6, 6.07) is 0. The highest BCUT2D eigenvalue weighted by Crippen LogP contribution is 2.39. The molecule has 0 bridgehead atoms. The van der Waals surface area contributed by atoms with Crippen LogP contribution < -0.4 is 0 Å². The minimum absolute atomic E-state index is 1.26. The monoisotopic (exact) mass is 402 g/mol. The van der Waals surface area contributed by atoms with Crippen LogP contribution >= 0.6 is 61.2 Å². The van der Waals surface area contributed by atoms with Crippen LogP contribution in [0.25, 0.3) is 0 Å². The minimum atomic E-state index is -1.26. The average molecular weight is 406 g/mol. The molecule has 0 aliphatic heterocycles. The first-order valence-corrected chi connectivity index (χ1v) is 17.0. The van der Waals surface area contributed by atoms with Crippen LogP contribution in [0.5, 0.6) is 0 Å². The number of hydrogen-bond donors (Lipinski definition) is 0. The van der Waals surface area contributed by atoms with Crippen molar-refractivity contribution in [1.29, 1.82) is 0 Å². The number of hydrogen-bond acceptors (Lipinski definition) is 0. The van der Waals surface area contributed by atoms with Crippen LogP contribution in [0.3, 0.4) is 0 Å². The molecule has 0 aromatic carbocycles. The molecular formula is C2H6Br4Si2. The van der Waals surface area contributed by atoms with Gasteiger partial charge in [-0.1, -0.05) is 13.1 Å². The maximum atomic E-state index is 3.62. The Balaban J connectivity index is 4.02. The van der Waals surface area contributed by atoms with E-state index in [9.17, 15) is 0 Å². The smallest absolute Gasteiger partial charge is 0.113 e. The Morgan fingerprint density at radius 2 is 0.875 bits per heavy atom. The van der Waals surface area contributed by atoms with E-state index in [1.807, 2.05) is 0 Å². The van der Waals surface area contributed by atoms with Crippen LogP contribution in [0, 0.1) is 0 Å². The summed E-state index contributed by atoms with van der Waals surface area (Å²) >= 11 is 14.5. The molecule has 0 fully saturated rings. The van der Waals surface area contributed by atoms with Gasteiger partial charge < -0.3 is 0 Å². The van der Waals surface area contributed by atoms with Crippen molar-refractivity contribution in [3.8, 4) is 0 Å². The van der Waals surface area contributed by atoms with Gasteiger partial charge in [0.2, 0.25) is 9.66 Å². The summed E-state index contributed by atoms with van der Waals surface area (Å²) in [7, 11) is 0. The Labute approximate surface area is 82.9 Å². The predicted octanol–water partition coefficient (Wildman–Crippen LogP) is 3.79. The zero-order valence-electron chi connectivity index (χ0n) is 4.51. The highest BCUT2D eigenvalue weighted by molar-refractivity contribution is 9.66. The Hall–Kier alpha value is 2.35. The van der Waals surface area contributed by atoms with Crippen molar-refractivity contribution in [3.63, 3.8) is 0 Å². The summed E-state index contributed by atoms with van der Waals surface area (Å²) in [6.45, 7) is 4.42. The lowest BCUT2D eigenvalue weighted by atomic mass is 11.9. The van der Waals surface area contributed by atoms with Gasteiger partial charge in [0.05, 0.1) is 0 Å². The molecule has 0 heterocycles. The summed E-state index contributed by atoms with van der Waals surface area (Å²) in [5.41, 5.74) is 0. The van der Waals surface area contributed by atoms with Crippen molar-refractivity contribution in [2.24, 2.45) is 0 Å². The average Bonchev–Trinajstić information content (AvgIpc) is 1.25. The normalized spacial score (nSPS) is 14.2. The standard InChI is InChI=1S/C2H6Br4Si2/c1-7(3,4)8(2,5)6/h1-2H3. The van der Waals surface area contributed by atoms with Crippen molar-refractivity contribution >= 4 is 70.8 Å². The van der Waals surface area contributed by atoms with Crippen molar-refractivity contribution in [1.82, 2.24) is 0 Å². The lowest BCUT2D eigenvalue weighted by molar-refractivity contribution is 2.24. The van der Waals surface area contributed by atoms with Gasteiger partial charge in [0, 0.05) is 0 Å². The zero-order valence-corrected chi connectivity index (χ0v) is 12.9. The molecule has 0 unspecified atom stereocenters. The zero-order chi connectivity index (χ0) is 7.00. The predicted molar refractivity (Wildman–Crippen MR) is 58.9 cm³/mol. The van der Waals surface area contributed by atoms with E-state index in [-0.39, 0.29) is 0 Å². The van der Waals surface area contributed by atoms with Gasteiger partial charge >= 0.3 is 0 Å². The molecule has 6 heteroatoms. The van der Waals surface area contributed by atoms with Gasteiger partial charge in [0.25, 0.3) is 0 Å². The van der Waals surface area contributed by atoms with Crippen LogP contribution in [-0.2, 0) is 0 Å². The van der Waals surface area contributed by atoms with Gasteiger partial charge in [-0.3, -0.25) is 0 Å². The SMILES string of the molecule is C[Si](Br)(Br)[Si](C)(Br)Br. The first-order valence-electron chi connectivity index (χ1n) is 2.01. The lowest BCUT2D eigenvalue weighted by Crippen LogP contribution is -2.38. The molecule has 0 saturated carbocycles. The van der Waals surface area contributed by atoms with Gasteiger partial charge in [0.15, 0.2) is 0 Å². The summed E-state index contributed by atoms with van der Waals surface area (Å²) in [5.74, 6) is 0. The van der Waals surface area contributed by atoms with E-state index < -0.39 is 9.66 Å². The van der Waals surface area contributed by atoms with E-state index in [1.54, 1.807) is 0 Å².